The Kier molecular flexibility index (Phi) is 5.93. The number of thioether (sulfide) groups is 1. The van der Waals surface area contributed by atoms with E-state index in [2.05, 4.69) is 9.97 Å². The summed E-state index contributed by atoms with van der Waals surface area (Å²) in [4.78, 5) is 21.3. The lowest BCUT2D eigenvalue weighted by Crippen LogP contribution is -2.22. The number of carbonyl (C=O) groups excluding carboxylic acids is 1. The summed E-state index contributed by atoms with van der Waals surface area (Å²) >= 11 is 12.0. The molecule has 0 unspecified atom stereocenters. The molecule has 1 amide bonds. The number of nitrogens with zero attached hydrogens (tertiary/aromatic N) is 3. The summed E-state index contributed by atoms with van der Waals surface area (Å²) in [5.41, 5.74) is 0.709. The number of hydrogen-bond donors (Lipinski definition) is 0. The van der Waals surface area contributed by atoms with Gasteiger partial charge in [0.25, 0.3) is 11.8 Å². The number of rotatable bonds is 5. The summed E-state index contributed by atoms with van der Waals surface area (Å²) in [5.74, 6) is -0.604. The summed E-state index contributed by atoms with van der Waals surface area (Å²) in [5, 5.41) is -0.137. The molecule has 6 nitrogen and oxygen atoms in total. The van der Waals surface area contributed by atoms with Crippen LogP contribution in [0.25, 0.3) is 6.08 Å². The predicted octanol–water partition coefficient (Wildman–Crippen LogP) is 4.29. The number of carbonyl (C=O) groups is 1. The minimum atomic E-state index is -0.752. The van der Waals surface area contributed by atoms with E-state index in [0.717, 1.165) is 6.20 Å². The van der Waals surface area contributed by atoms with Gasteiger partial charge in [-0.1, -0.05) is 30.0 Å². The standard InChI is InChI=1S/C17H13ClFN3O3S2/c1-3-24-12-6-9(7-13-15(23)22(2)17(26)27-13)4-5-11(12)25-14-10(19)8-20-16(18)21-14/h4-8H,3H2,1-2H3/b13-7-. The number of hydrogen-bond acceptors (Lipinski definition) is 7. The summed E-state index contributed by atoms with van der Waals surface area (Å²) in [6.07, 6.45) is 2.63. The van der Waals surface area contributed by atoms with Crippen molar-refractivity contribution in [2.45, 2.75) is 6.92 Å². The molecule has 1 aliphatic heterocycles. The highest BCUT2D eigenvalue weighted by Gasteiger charge is 2.28. The van der Waals surface area contributed by atoms with Crippen molar-refractivity contribution >= 4 is 51.9 Å². The molecule has 0 saturated carbocycles. The van der Waals surface area contributed by atoms with Crippen LogP contribution in [-0.4, -0.2) is 38.8 Å². The number of aromatic nitrogens is 2. The first-order valence-corrected chi connectivity index (χ1v) is 9.33. The molecule has 1 aliphatic rings. The largest absolute Gasteiger partial charge is 0.490 e. The van der Waals surface area contributed by atoms with Crippen molar-refractivity contribution in [1.82, 2.24) is 14.9 Å². The van der Waals surface area contributed by atoms with Crippen LogP contribution in [0.3, 0.4) is 0 Å². The summed E-state index contributed by atoms with van der Waals surface area (Å²) in [6.45, 7) is 2.17. The van der Waals surface area contributed by atoms with Gasteiger partial charge < -0.3 is 9.47 Å². The molecule has 0 radical (unpaired) electrons. The molecule has 0 bridgehead atoms. The van der Waals surface area contributed by atoms with Crippen LogP contribution >= 0.6 is 35.6 Å². The third kappa shape index (κ3) is 4.37. The Bertz CT molecular complexity index is 955. The van der Waals surface area contributed by atoms with Gasteiger partial charge in [0.15, 0.2) is 11.5 Å². The van der Waals surface area contributed by atoms with Gasteiger partial charge in [0.1, 0.15) is 4.32 Å². The van der Waals surface area contributed by atoms with Gasteiger partial charge in [0.2, 0.25) is 11.1 Å². The van der Waals surface area contributed by atoms with Crippen LogP contribution in [0, 0.1) is 5.82 Å². The van der Waals surface area contributed by atoms with Gasteiger partial charge >= 0.3 is 0 Å². The highest BCUT2D eigenvalue weighted by atomic mass is 35.5. The zero-order valence-electron chi connectivity index (χ0n) is 14.2. The molecule has 1 fully saturated rings. The fourth-order valence-electron chi connectivity index (χ4n) is 2.17. The summed E-state index contributed by atoms with van der Waals surface area (Å²) in [7, 11) is 1.63. The maximum Gasteiger partial charge on any atom is 0.265 e. The number of thiocarbonyl (C=S) groups is 1. The predicted molar refractivity (Wildman–Crippen MR) is 106 cm³/mol. The lowest BCUT2D eigenvalue weighted by Gasteiger charge is -2.12. The smallest absolute Gasteiger partial charge is 0.265 e. The van der Waals surface area contributed by atoms with Gasteiger partial charge in [-0.05, 0) is 42.3 Å². The Balaban J connectivity index is 1.92. The molecule has 10 heteroatoms. The monoisotopic (exact) mass is 425 g/mol. The van der Waals surface area contributed by atoms with Gasteiger partial charge in [-0.3, -0.25) is 9.69 Å². The molecular weight excluding hydrogens is 413 g/mol. The first kappa shape index (κ1) is 19.5. The van der Waals surface area contributed by atoms with E-state index in [1.54, 1.807) is 38.2 Å². The van der Waals surface area contributed by atoms with E-state index < -0.39 is 5.82 Å². The van der Waals surface area contributed by atoms with E-state index in [4.69, 9.17) is 33.3 Å². The minimum Gasteiger partial charge on any atom is -0.490 e. The highest BCUT2D eigenvalue weighted by molar-refractivity contribution is 8.26. The van der Waals surface area contributed by atoms with E-state index in [1.165, 1.54) is 16.7 Å². The van der Waals surface area contributed by atoms with Crippen LogP contribution in [0.15, 0.2) is 29.3 Å². The topological polar surface area (TPSA) is 64.5 Å². The highest BCUT2D eigenvalue weighted by Crippen LogP contribution is 2.36. The molecule has 1 aromatic heterocycles. The molecule has 1 aromatic carbocycles. The third-order valence-electron chi connectivity index (χ3n) is 3.44. The van der Waals surface area contributed by atoms with Gasteiger partial charge in [-0.25, -0.2) is 4.98 Å². The molecule has 3 rings (SSSR count). The van der Waals surface area contributed by atoms with Crippen molar-refractivity contribution in [2.75, 3.05) is 13.7 Å². The molecule has 0 spiro atoms. The molecule has 0 N–H and O–H groups in total. The van der Waals surface area contributed by atoms with Crippen LogP contribution in [-0.2, 0) is 4.79 Å². The Hall–Kier alpha value is -2.23. The molecule has 2 aromatic rings. The zero-order chi connectivity index (χ0) is 19.6. The maximum atomic E-state index is 13.8. The van der Waals surface area contributed by atoms with Crippen molar-refractivity contribution in [2.24, 2.45) is 0 Å². The van der Waals surface area contributed by atoms with E-state index in [-0.39, 0.29) is 22.8 Å². The molecular formula is C17H13ClFN3O3S2. The molecule has 0 aliphatic carbocycles. The molecule has 2 heterocycles. The Morgan fingerprint density at radius 2 is 2.19 bits per heavy atom. The second-order valence-electron chi connectivity index (χ2n) is 5.27. The summed E-state index contributed by atoms with van der Waals surface area (Å²) < 4.78 is 25.4. The molecule has 140 valence electrons. The quantitative estimate of drug-likeness (QED) is 0.402. The first-order valence-electron chi connectivity index (χ1n) is 7.73. The number of likely N-dealkylation sites (N-methyl/N-ethyl adjacent to an activating group) is 1. The fourth-order valence-corrected chi connectivity index (χ4v) is 3.48. The zero-order valence-corrected chi connectivity index (χ0v) is 16.6. The second-order valence-corrected chi connectivity index (χ2v) is 7.29. The first-order chi connectivity index (χ1) is 12.9. The molecule has 1 saturated heterocycles. The van der Waals surface area contributed by atoms with Gasteiger partial charge in [-0.15, -0.1) is 0 Å². The summed E-state index contributed by atoms with van der Waals surface area (Å²) in [6, 6.07) is 4.99. The lowest BCUT2D eigenvalue weighted by atomic mass is 10.2. The second kappa shape index (κ2) is 8.20. The van der Waals surface area contributed by atoms with Gasteiger partial charge in [0.05, 0.1) is 17.7 Å². The number of amides is 1. The van der Waals surface area contributed by atoms with Gasteiger partial charge in [-0.2, -0.15) is 9.37 Å². The van der Waals surface area contributed by atoms with Crippen LogP contribution in [0.1, 0.15) is 12.5 Å². The van der Waals surface area contributed by atoms with Crippen LogP contribution < -0.4 is 9.47 Å². The third-order valence-corrected chi connectivity index (χ3v) is 5.11. The minimum absolute atomic E-state index is 0.137. The average Bonchev–Trinajstić information content (AvgIpc) is 2.87. The van der Waals surface area contributed by atoms with E-state index in [0.29, 0.717) is 27.1 Å². The van der Waals surface area contributed by atoms with Crippen molar-refractivity contribution in [3.63, 3.8) is 0 Å². The van der Waals surface area contributed by atoms with Crippen molar-refractivity contribution in [3.8, 4) is 17.4 Å². The molecule has 27 heavy (non-hydrogen) atoms. The maximum absolute atomic E-state index is 13.8. The number of ether oxygens (including phenoxy) is 2. The van der Waals surface area contributed by atoms with Crippen LogP contribution in [0.4, 0.5) is 4.39 Å². The van der Waals surface area contributed by atoms with Crippen LogP contribution in [0.5, 0.6) is 17.4 Å². The van der Waals surface area contributed by atoms with Crippen molar-refractivity contribution in [3.05, 3.63) is 46.0 Å². The SMILES string of the molecule is CCOc1cc(/C=C2\SC(=S)N(C)C2=O)ccc1Oc1nc(Cl)ncc1F. The van der Waals surface area contributed by atoms with E-state index >= 15 is 0 Å². The number of benzene rings is 1. The average molecular weight is 426 g/mol. The van der Waals surface area contributed by atoms with E-state index in [1.807, 2.05) is 0 Å². The normalized spacial score (nSPS) is 15.6. The Morgan fingerprint density at radius 1 is 1.41 bits per heavy atom. The fraction of sp³-hybridized carbons (Fsp3) is 0.176. The lowest BCUT2D eigenvalue weighted by molar-refractivity contribution is -0.121. The van der Waals surface area contributed by atoms with Crippen molar-refractivity contribution in [1.29, 1.82) is 0 Å². The van der Waals surface area contributed by atoms with Gasteiger partial charge in [0, 0.05) is 7.05 Å². The van der Waals surface area contributed by atoms with Crippen LogP contribution in [0.2, 0.25) is 5.28 Å². The van der Waals surface area contributed by atoms with Crippen molar-refractivity contribution < 1.29 is 18.7 Å². The Morgan fingerprint density at radius 3 is 2.85 bits per heavy atom. The molecule has 0 atom stereocenters. The Labute approximate surface area is 169 Å². The van der Waals surface area contributed by atoms with E-state index in [9.17, 15) is 9.18 Å². The number of halogens is 2.